The van der Waals surface area contributed by atoms with Crippen molar-refractivity contribution in [3.63, 3.8) is 0 Å². The van der Waals surface area contributed by atoms with Gasteiger partial charge in [0.05, 0.1) is 0 Å². The molecule has 0 saturated heterocycles. The number of hydrogen-bond acceptors (Lipinski definition) is 5. The maximum absolute atomic E-state index is 11.5. The number of hydrogen-bond donors (Lipinski definition) is 3. The third kappa shape index (κ3) is 8.54. The summed E-state index contributed by atoms with van der Waals surface area (Å²) >= 11 is 0. The minimum atomic E-state index is -1.27. The van der Waals surface area contributed by atoms with Crippen molar-refractivity contribution in [2.24, 2.45) is 0 Å². The fourth-order valence-corrected chi connectivity index (χ4v) is 1.69. The first-order valence-electron chi connectivity index (χ1n) is 7.35. The Labute approximate surface area is 139 Å². The van der Waals surface area contributed by atoms with Gasteiger partial charge in [-0.05, 0) is 18.4 Å². The lowest BCUT2D eigenvalue weighted by Crippen LogP contribution is -2.29. The molecule has 0 radical (unpaired) electrons. The SMILES string of the molecule is O=C(O)/C=C/C(=O)N(O)CCCCNC(=O)OCc1ccccc1. The van der Waals surface area contributed by atoms with Gasteiger partial charge in [-0.2, -0.15) is 0 Å². The Bertz CT molecular complexity index is 573. The van der Waals surface area contributed by atoms with Gasteiger partial charge < -0.3 is 15.2 Å². The van der Waals surface area contributed by atoms with Gasteiger partial charge in [-0.15, -0.1) is 0 Å². The van der Waals surface area contributed by atoms with Crippen molar-refractivity contribution in [2.75, 3.05) is 13.1 Å². The highest BCUT2D eigenvalue weighted by molar-refractivity contribution is 5.93. The largest absolute Gasteiger partial charge is 0.478 e. The summed E-state index contributed by atoms with van der Waals surface area (Å²) in [5, 5.41) is 20.7. The fraction of sp³-hybridized carbons (Fsp3) is 0.312. The summed E-state index contributed by atoms with van der Waals surface area (Å²) < 4.78 is 5.02. The van der Waals surface area contributed by atoms with E-state index in [9.17, 15) is 19.6 Å². The lowest BCUT2D eigenvalue weighted by molar-refractivity contribution is -0.159. The minimum absolute atomic E-state index is 0.0313. The third-order valence-corrected chi connectivity index (χ3v) is 2.90. The summed E-state index contributed by atoms with van der Waals surface area (Å²) in [6, 6.07) is 9.27. The standard InChI is InChI=1S/C16H20N2O6/c19-14(8-9-15(20)21)18(23)11-5-4-10-17-16(22)24-12-13-6-2-1-3-7-13/h1-3,6-9,23H,4-5,10-12H2,(H,17,22)(H,20,21)/b9-8+. The number of unbranched alkanes of at least 4 members (excludes halogenated alkanes) is 1. The number of nitrogens with one attached hydrogen (secondary N) is 1. The molecule has 24 heavy (non-hydrogen) atoms. The van der Waals surface area contributed by atoms with Crippen LogP contribution in [0.2, 0.25) is 0 Å². The predicted octanol–water partition coefficient (Wildman–Crippen LogP) is 1.55. The number of nitrogens with zero attached hydrogens (tertiary/aromatic N) is 1. The molecule has 0 aliphatic heterocycles. The molecule has 3 N–H and O–H groups in total. The molecule has 0 aliphatic rings. The number of carbonyl (C=O) groups excluding carboxylic acids is 2. The highest BCUT2D eigenvalue weighted by Crippen LogP contribution is 2.00. The van der Waals surface area contributed by atoms with Gasteiger partial charge in [0.1, 0.15) is 6.61 Å². The van der Waals surface area contributed by atoms with Crippen molar-refractivity contribution in [2.45, 2.75) is 19.4 Å². The topological polar surface area (TPSA) is 116 Å². The van der Waals surface area contributed by atoms with Crippen LogP contribution in [-0.2, 0) is 20.9 Å². The van der Waals surface area contributed by atoms with Gasteiger partial charge in [0.15, 0.2) is 0 Å². The molecule has 2 amide bonds. The number of rotatable bonds is 9. The van der Waals surface area contributed by atoms with Crippen LogP contribution in [0.15, 0.2) is 42.5 Å². The van der Waals surface area contributed by atoms with E-state index in [0.717, 1.165) is 11.6 Å². The quantitative estimate of drug-likeness (QED) is 0.273. The second kappa shape index (κ2) is 10.8. The molecule has 1 aromatic rings. The van der Waals surface area contributed by atoms with E-state index in [2.05, 4.69) is 5.32 Å². The number of aliphatic carboxylic acids is 1. The maximum Gasteiger partial charge on any atom is 0.407 e. The van der Waals surface area contributed by atoms with Gasteiger partial charge in [0.25, 0.3) is 5.91 Å². The lowest BCUT2D eigenvalue weighted by atomic mass is 10.2. The van der Waals surface area contributed by atoms with E-state index in [4.69, 9.17) is 9.84 Å². The molecule has 0 fully saturated rings. The molecule has 0 spiro atoms. The van der Waals surface area contributed by atoms with Crippen LogP contribution in [0.4, 0.5) is 4.79 Å². The second-order valence-corrected chi connectivity index (χ2v) is 4.83. The van der Waals surface area contributed by atoms with Crippen molar-refractivity contribution in [1.82, 2.24) is 10.4 Å². The number of carbonyl (C=O) groups is 3. The Hall–Kier alpha value is -2.87. The van der Waals surface area contributed by atoms with Crippen LogP contribution in [0.1, 0.15) is 18.4 Å². The molecule has 0 atom stereocenters. The molecule has 0 unspecified atom stereocenters. The number of benzene rings is 1. The van der Waals surface area contributed by atoms with Gasteiger partial charge in [0, 0.05) is 25.2 Å². The molecule has 0 aromatic heterocycles. The number of alkyl carbamates (subject to hydrolysis) is 1. The van der Waals surface area contributed by atoms with E-state index in [-0.39, 0.29) is 13.2 Å². The Kier molecular flexibility index (Phi) is 8.62. The number of ether oxygens (including phenoxy) is 1. The van der Waals surface area contributed by atoms with Crippen molar-refractivity contribution in [3.8, 4) is 0 Å². The molecule has 1 rings (SSSR count). The van der Waals surface area contributed by atoms with Crippen LogP contribution in [0, 0.1) is 0 Å². The summed E-state index contributed by atoms with van der Waals surface area (Å²) in [6.07, 6.45) is 1.83. The normalized spacial score (nSPS) is 10.4. The molecule has 1 aromatic carbocycles. The van der Waals surface area contributed by atoms with E-state index in [1.807, 2.05) is 30.3 Å². The van der Waals surface area contributed by atoms with Crippen LogP contribution >= 0.6 is 0 Å². The Morgan fingerprint density at radius 2 is 1.83 bits per heavy atom. The molecule has 8 heteroatoms. The summed E-state index contributed by atoms with van der Waals surface area (Å²) in [5.74, 6) is -2.08. The average molecular weight is 336 g/mol. The number of carboxylic acids is 1. The maximum atomic E-state index is 11.5. The van der Waals surface area contributed by atoms with Crippen LogP contribution in [0.3, 0.4) is 0 Å². The Morgan fingerprint density at radius 3 is 2.50 bits per heavy atom. The summed E-state index contributed by atoms with van der Waals surface area (Å²) in [5.41, 5.74) is 0.886. The van der Waals surface area contributed by atoms with Gasteiger partial charge >= 0.3 is 12.1 Å². The van der Waals surface area contributed by atoms with Gasteiger partial charge in [0.2, 0.25) is 0 Å². The zero-order valence-electron chi connectivity index (χ0n) is 13.1. The zero-order chi connectivity index (χ0) is 17.8. The van der Waals surface area contributed by atoms with E-state index < -0.39 is 18.0 Å². The lowest BCUT2D eigenvalue weighted by Gasteiger charge is -2.12. The van der Waals surface area contributed by atoms with Crippen LogP contribution < -0.4 is 5.32 Å². The highest BCUT2D eigenvalue weighted by Gasteiger charge is 2.07. The van der Waals surface area contributed by atoms with Crippen molar-refractivity contribution in [3.05, 3.63) is 48.0 Å². The molecular formula is C16H20N2O6. The van der Waals surface area contributed by atoms with Gasteiger partial charge in [-0.25, -0.2) is 14.7 Å². The summed E-state index contributed by atoms with van der Waals surface area (Å²) in [6.45, 7) is 0.547. The first-order valence-corrected chi connectivity index (χ1v) is 7.35. The average Bonchev–Trinajstić information content (AvgIpc) is 2.58. The zero-order valence-corrected chi connectivity index (χ0v) is 13.1. The smallest absolute Gasteiger partial charge is 0.407 e. The van der Waals surface area contributed by atoms with E-state index in [1.54, 1.807) is 0 Å². The molecule has 8 nitrogen and oxygen atoms in total. The first kappa shape index (κ1) is 19.2. The van der Waals surface area contributed by atoms with Crippen LogP contribution in [0.5, 0.6) is 0 Å². The van der Waals surface area contributed by atoms with E-state index >= 15 is 0 Å². The highest BCUT2D eigenvalue weighted by atomic mass is 16.5. The predicted molar refractivity (Wildman–Crippen MR) is 84.1 cm³/mol. The number of hydroxylamine groups is 2. The Balaban J connectivity index is 2.09. The first-order chi connectivity index (χ1) is 11.5. The second-order valence-electron chi connectivity index (χ2n) is 4.83. The van der Waals surface area contributed by atoms with Crippen molar-refractivity contribution in [1.29, 1.82) is 0 Å². The van der Waals surface area contributed by atoms with Crippen LogP contribution in [-0.4, -0.2) is 46.4 Å². The Morgan fingerprint density at radius 1 is 1.12 bits per heavy atom. The number of carboxylic acid groups (broad SMARTS) is 1. The van der Waals surface area contributed by atoms with Gasteiger partial charge in [-0.3, -0.25) is 10.0 Å². The van der Waals surface area contributed by atoms with Crippen molar-refractivity contribution < 1.29 is 29.4 Å². The van der Waals surface area contributed by atoms with Crippen LogP contribution in [0.25, 0.3) is 0 Å². The monoisotopic (exact) mass is 336 g/mol. The molecule has 0 bridgehead atoms. The molecule has 130 valence electrons. The molecule has 0 saturated carbocycles. The van der Waals surface area contributed by atoms with E-state index in [1.165, 1.54) is 0 Å². The summed E-state index contributed by atoms with van der Waals surface area (Å²) in [4.78, 5) is 33.0. The van der Waals surface area contributed by atoms with Gasteiger partial charge in [-0.1, -0.05) is 30.3 Å². The molecule has 0 heterocycles. The van der Waals surface area contributed by atoms with E-state index in [0.29, 0.717) is 30.5 Å². The minimum Gasteiger partial charge on any atom is -0.478 e. The molecular weight excluding hydrogens is 316 g/mol. The van der Waals surface area contributed by atoms with Crippen molar-refractivity contribution >= 4 is 18.0 Å². The summed E-state index contributed by atoms with van der Waals surface area (Å²) in [7, 11) is 0. The molecule has 0 aliphatic carbocycles. The third-order valence-electron chi connectivity index (χ3n) is 2.90. The number of amides is 2. The fourth-order valence-electron chi connectivity index (χ4n) is 1.69.